The average molecular weight is 302 g/mol. The predicted octanol–water partition coefficient (Wildman–Crippen LogP) is 3.06. The number of aliphatic hydroxyl groups excluding tert-OH is 1. The van der Waals surface area contributed by atoms with Crippen molar-refractivity contribution in [3.63, 3.8) is 0 Å². The van der Waals surface area contributed by atoms with E-state index in [2.05, 4.69) is 5.32 Å². The standard InChI is InChI=1S/C16H18N2O4/c1-11-6-7-14(16(8-11)18(20)21)17-15(10-19)12-4-3-5-13(9-12)22-2/h3-9,15,17,19H,10H2,1-2H3. The fraction of sp³-hybridized carbons (Fsp3) is 0.250. The minimum Gasteiger partial charge on any atom is -0.497 e. The van der Waals surface area contributed by atoms with Gasteiger partial charge in [0.15, 0.2) is 0 Å². The van der Waals surface area contributed by atoms with Crippen molar-refractivity contribution in [3.8, 4) is 5.75 Å². The zero-order valence-corrected chi connectivity index (χ0v) is 12.4. The zero-order chi connectivity index (χ0) is 16.1. The molecule has 2 N–H and O–H groups in total. The van der Waals surface area contributed by atoms with Crippen LogP contribution in [-0.2, 0) is 0 Å². The van der Waals surface area contributed by atoms with Crippen molar-refractivity contribution in [1.29, 1.82) is 0 Å². The van der Waals surface area contributed by atoms with E-state index in [0.717, 1.165) is 11.1 Å². The molecule has 0 fully saturated rings. The Kier molecular flexibility index (Phi) is 4.95. The van der Waals surface area contributed by atoms with Crippen LogP contribution >= 0.6 is 0 Å². The summed E-state index contributed by atoms with van der Waals surface area (Å²) in [6.07, 6.45) is 0. The summed E-state index contributed by atoms with van der Waals surface area (Å²) in [5.41, 5.74) is 1.95. The summed E-state index contributed by atoms with van der Waals surface area (Å²) >= 11 is 0. The number of nitro benzene ring substituents is 1. The first-order valence-electron chi connectivity index (χ1n) is 6.81. The normalized spacial score (nSPS) is 11.8. The van der Waals surface area contributed by atoms with Crippen molar-refractivity contribution in [1.82, 2.24) is 0 Å². The molecule has 2 aromatic carbocycles. The Morgan fingerprint density at radius 1 is 1.32 bits per heavy atom. The number of rotatable bonds is 6. The number of hydrogen-bond acceptors (Lipinski definition) is 5. The fourth-order valence-corrected chi connectivity index (χ4v) is 2.20. The number of methoxy groups -OCH3 is 1. The third-order valence-corrected chi connectivity index (χ3v) is 3.36. The second kappa shape index (κ2) is 6.91. The topological polar surface area (TPSA) is 84.6 Å². The molecule has 6 heteroatoms. The fourth-order valence-electron chi connectivity index (χ4n) is 2.20. The minimum atomic E-state index is -0.462. The number of nitrogens with zero attached hydrogens (tertiary/aromatic N) is 1. The Balaban J connectivity index is 2.32. The summed E-state index contributed by atoms with van der Waals surface area (Å²) in [6.45, 7) is 1.60. The molecule has 0 heterocycles. The maximum atomic E-state index is 11.2. The van der Waals surface area contributed by atoms with Crippen molar-refractivity contribution in [2.24, 2.45) is 0 Å². The molecule has 2 aromatic rings. The molecule has 0 saturated heterocycles. The van der Waals surface area contributed by atoms with E-state index in [1.54, 1.807) is 38.3 Å². The van der Waals surface area contributed by atoms with Crippen molar-refractivity contribution in [2.75, 3.05) is 19.0 Å². The molecule has 0 bridgehead atoms. The van der Waals surface area contributed by atoms with Crippen molar-refractivity contribution >= 4 is 11.4 Å². The molecule has 0 amide bonds. The second-order valence-corrected chi connectivity index (χ2v) is 4.93. The van der Waals surface area contributed by atoms with Crippen LogP contribution in [-0.4, -0.2) is 23.7 Å². The molecule has 0 aliphatic heterocycles. The molecule has 0 aliphatic rings. The molecule has 0 aromatic heterocycles. The van der Waals surface area contributed by atoms with Crippen molar-refractivity contribution in [3.05, 3.63) is 63.7 Å². The van der Waals surface area contributed by atoms with Crippen LogP contribution in [0.15, 0.2) is 42.5 Å². The first-order valence-corrected chi connectivity index (χ1v) is 6.81. The summed E-state index contributed by atoms with van der Waals surface area (Å²) in [6, 6.07) is 11.7. The molecule has 22 heavy (non-hydrogen) atoms. The second-order valence-electron chi connectivity index (χ2n) is 4.93. The van der Waals surface area contributed by atoms with Gasteiger partial charge >= 0.3 is 0 Å². The number of nitro groups is 1. The van der Waals surface area contributed by atoms with E-state index in [0.29, 0.717) is 11.4 Å². The molecule has 0 spiro atoms. The highest BCUT2D eigenvalue weighted by atomic mass is 16.6. The van der Waals surface area contributed by atoms with Crippen LogP contribution in [0.25, 0.3) is 0 Å². The maximum Gasteiger partial charge on any atom is 0.292 e. The highest BCUT2D eigenvalue weighted by molar-refractivity contribution is 5.63. The first-order chi connectivity index (χ1) is 10.5. The molecule has 1 unspecified atom stereocenters. The van der Waals surface area contributed by atoms with Gasteiger partial charge in [-0.25, -0.2) is 0 Å². The predicted molar refractivity (Wildman–Crippen MR) is 84.3 cm³/mol. The van der Waals surface area contributed by atoms with E-state index in [-0.39, 0.29) is 12.3 Å². The number of anilines is 1. The number of nitrogens with one attached hydrogen (secondary N) is 1. The zero-order valence-electron chi connectivity index (χ0n) is 12.4. The van der Waals surface area contributed by atoms with Gasteiger partial charge in [-0.3, -0.25) is 10.1 Å². The third kappa shape index (κ3) is 3.53. The summed E-state index contributed by atoms with van der Waals surface area (Å²) in [4.78, 5) is 10.7. The van der Waals surface area contributed by atoms with Gasteiger partial charge in [-0.15, -0.1) is 0 Å². The summed E-state index contributed by atoms with van der Waals surface area (Å²) in [7, 11) is 1.56. The Bertz CT molecular complexity index is 673. The molecule has 0 radical (unpaired) electrons. The molecule has 2 rings (SSSR count). The largest absolute Gasteiger partial charge is 0.497 e. The summed E-state index contributed by atoms with van der Waals surface area (Å²) in [5.74, 6) is 0.663. The summed E-state index contributed by atoms with van der Waals surface area (Å²) < 4.78 is 5.16. The van der Waals surface area contributed by atoms with Gasteiger partial charge in [-0.2, -0.15) is 0 Å². The highest BCUT2D eigenvalue weighted by Gasteiger charge is 2.18. The van der Waals surface area contributed by atoms with E-state index in [9.17, 15) is 15.2 Å². The minimum absolute atomic E-state index is 0.0126. The van der Waals surface area contributed by atoms with Gasteiger partial charge in [0.2, 0.25) is 0 Å². The van der Waals surface area contributed by atoms with Crippen LogP contribution in [0.2, 0.25) is 0 Å². The van der Waals surface area contributed by atoms with E-state index < -0.39 is 11.0 Å². The quantitative estimate of drug-likeness (QED) is 0.633. The van der Waals surface area contributed by atoms with Crippen molar-refractivity contribution < 1.29 is 14.8 Å². The van der Waals surface area contributed by atoms with Gasteiger partial charge in [0.05, 0.1) is 24.7 Å². The molecule has 116 valence electrons. The SMILES string of the molecule is COc1cccc(C(CO)Nc2ccc(C)cc2[N+](=O)[O-])c1. The highest BCUT2D eigenvalue weighted by Crippen LogP contribution is 2.30. The molecular formula is C16H18N2O4. The lowest BCUT2D eigenvalue weighted by atomic mass is 10.1. The van der Waals surface area contributed by atoms with Crippen LogP contribution < -0.4 is 10.1 Å². The lowest BCUT2D eigenvalue weighted by Crippen LogP contribution is -2.15. The molecule has 0 saturated carbocycles. The van der Waals surface area contributed by atoms with Crippen molar-refractivity contribution in [2.45, 2.75) is 13.0 Å². The Morgan fingerprint density at radius 3 is 2.73 bits per heavy atom. The van der Waals surface area contributed by atoms with Gasteiger partial charge in [0, 0.05) is 6.07 Å². The number of ether oxygens (including phenoxy) is 1. The van der Waals surface area contributed by atoms with Crippen LogP contribution in [0.4, 0.5) is 11.4 Å². The number of aliphatic hydroxyl groups is 1. The maximum absolute atomic E-state index is 11.2. The average Bonchev–Trinajstić information content (AvgIpc) is 2.53. The lowest BCUT2D eigenvalue weighted by Gasteiger charge is -2.18. The van der Waals surface area contributed by atoms with E-state index >= 15 is 0 Å². The Hall–Kier alpha value is -2.60. The van der Waals surface area contributed by atoms with E-state index in [1.165, 1.54) is 6.07 Å². The van der Waals surface area contributed by atoms with Gasteiger partial charge in [0.25, 0.3) is 5.69 Å². The lowest BCUT2D eigenvalue weighted by molar-refractivity contribution is -0.384. The van der Waals surface area contributed by atoms with Crippen LogP contribution in [0, 0.1) is 17.0 Å². The van der Waals surface area contributed by atoms with Crippen LogP contribution in [0.5, 0.6) is 5.75 Å². The van der Waals surface area contributed by atoms with Gasteiger partial charge in [-0.05, 0) is 36.2 Å². The smallest absolute Gasteiger partial charge is 0.292 e. The van der Waals surface area contributed by atoms with Gasteiger partial charge < -0.3 is 15.2 Å². The molecule has 6 nitrogen and oxygen atoms in total. The van der Waals surface area contributed by atoms with Crippen LogP contribution in [0.1, 0.15) is 17.2 Å². The number of hydrogen-bond donors (Lipinski definition) is 2. The van der Waals surface area contributed by atoms with Crippen LogP contribution in [0.3, 0.4) is 0 Å². The number of aryl methyl sites for hydroxylation is 1. The van der Waals surface area contributed by atoms with E-state index in [4.69, 9.17) is 4.74 Å². The Labute approximate surface area is 128 Å². The summed E-state index contributed by atoms with van der Waals surface area (Å²) in [5, 5.41) is 23.8. The molecule has 0 aliphatic carbocycles. The molecule has 1 atom stereocenters. The first kappa shape index (κ1) is 15.8. The molecular weight excluding hydrogens is 284 g/mol. The van der Waals surface area contributed by atoms with Gasteiger partial charge in [-0.1, -0.05) is 18.2 Å². The number of benzene rings is 2. The Morgan fingerprint density at radius 2 is 2.09 bits per heavy atom. The monoisotopic (exact) mass is 302 g/mol. The van der Waals surface area contributed by atoms with E-state index in [1.807, 2.05) is 12.1 Å². The van der Waals surface area contributed by atoms with Gasteiger partial charge in [0.1, 0.15) is 11.4 Å². The third-order valence-electron chi connectivity index (χ3n) is 3.36.